The van der Waals surface area contributed by atoms with Crippen molar-refractivity contribution in [2.24, 2.45) is 0 Å². The zero-order valence-electron chi connectivity index (χ0n) is 9.34. The lowest BCUT2D eigenvalue weighted by Crippen LogP contribution is -2.11. The molecule has 0 aliphatic rings. The van der Waals surface area contributed by atoms with Gasteiger partial charge in [0, 0.05) is 17.7 Å². The predicted molar refractivity (Wildman–Crippen MR) is 65.2 cm³/mol. The van der Waals surface area contributed by atoms with Gasteiger partial charge < -0.3 is 5.32 Å². The van der Waals surface area contributed by atoms with E-state index in [2.05, 4.69) is 5.32 Å². The third-order valence-corrected chi connectivity index (χ3v) is 2.51. The lowest BCUT2D eigenvalue weighted by atomic mass is 10.1. The maximum atomic E-state index is 11.3. The quantitative estimate of drug-likeness (QED) is 0.649. The minimum absolute atomic E-state index is 0.0277. The SMILES string of the molecule is CCC(=O)Nc1ccc(C(=O)CCl)cc1C. The first-order valence-electron chi connectivity index (χ1n) is 5.08. The Hall–Kier alpha value is -1.35. The summed E-state index contributed by atoms with van der Waals surface area (Å²) in [6.07, 6.45) is 0.432. The van der Waals surface area contributed by atoms with Crippen molar-refractivity contribution in [1.29, 1.82) is 0 Å². The summed E-state index contributed by atoms with van der Waals surface area (Å²) in [7, 11) is 0. The second-order valence-corrected chi connectivity index (χ2v) is 3.76. The van der Waals surface area contributed by atoms with Gasteiger partial charge in [-0.05, 0) is 30.7 Å². The van der Waals surface area contributed by atoms with Crippen molar-refractivity contribution in [3.05, 3.63) is 29.3 Å². The molecule has 0 unspecified atom stereocenters. The molecule has 1 rings (SSSR count). The van der Waals surface area contributed by atoms with E-state index in [1.54, 1.807) is 25.1 Å². The molecular weight excluding hydrogens is 226 g/mol. The third kappa shape index (κ3) is 3.07. The zero-order chi connectivity index (χ0) is 12.1. The van der Waals surface area contributed by atoms with Crippen LogP contribution in [0.15, 0.2) is 18.2 Å². The smallest absolute Gasteiger partial charge is 0.224 e. The number of hydrogen-bond donors (Lipinski definition) is 1. The third-order valence-electron chi connectivity index (χ3n) is 2.26. The molecule has 0 bridgehead atoms. The molecule has 0 aliphatic carbocycles. The Morgan fingerprint density at radius 3 is 2.56 bits per heavy atom. The molecule has 16 heavy (non-hydrogen) atoms. The van der Waals surface area contributed by atoms with Crippen molar-refractivity contribution in [2.45, 2.75) is 20.3 Å². The van der Waals surface area contributed by atoms with E-state index in [4.69, 9.17) is 11.6 Å². The van der Waals surface area contributed by atoms with Gasteiger partial charge in [0.2, 0.25) is 5.91 Å². The molecular formula is C12H14ClNO2. The van der Waals surface area contributed by atoms with Crippen LogP contribution in [0.2, 0.25) is 0 Å². The number of ketones is 1. The molecule has 0 atom stereocenters. The summed E-state index contributed by atoms with van der Waals surface area (Å²) in [5.41, 5.74) is 2.16. The first-order chi connectivity index (χ1) is 7.58. The van der Waals surface area contributed by atoms with E-state index in [0.29, 0.717) is 12.0 Å². The lowest BCUT2D eigenvalue weighted by Gasteiger charge is -2.08. The molecule has 0 aliphatic heterocycles. The average molecular weight is 240 g/mol. The standard InChI is InChI=1S/C12H14ClNO2/c1-3-12(16)14-10-5-4-9(6-8(10)2)11(15)7-13/h4-6H,3,7H2,1-2H3,(H,14,16). The van der Waals surface area contributed by atoms with Crippen LogP contribution < -0.4 is 5.32 Å². The molecule has 4 heteroatoms. The molecule has 0 radical (unpaired) electrons. The molecule has 86 valence electrons. The summed E-state index contributed by atoms with van der Waals surface area (Å²) in [4.78, 5) is 22.5. The van der Waals surface area contributed by atoms with Crippen LogP contribution in [0.5, 0.6) is 0 Å². The van der Waals surface area contributed by atoms with Gasteiger partial charge in [0.05, 0.1) is 5.88 Å². The van der Waals surface area contributed by atoms with Crippen molar-refractivity contribution < 1.29 is 9.59 Å². The van der Waals surface area contributed by atoms with Crippen molar-refractivity contribution in [1.82, 2.24) is 0 Å². The number of rotatable bonds is 4. The van der Waals surface area contributed by atoms with E-state index in [0.717, 1.165) is 11.3 Å². The number of Topliss-reactive ketones (excluding diaryl/α,β-unsaturated/α-hetero) is 1. The van der Waals surface area contributed by atoms with Gasteiger partial charge in [-0.15, -0.1) is 11.6 Å². The summed E-state index contributed by atoms with van der Waals surface area (Å²) in [5.74, 6) is -0.183. The number of carbonyl (C=O) groups excluding carboxylic acids is 2. The maximum absolute atomic E-state index is 11.3. The molecule has 1 aromatic carbocycles. The van der Waals surface area contributed by atoms with Gasteiger partial charge in [0.15, 0.2) is 5.78 Å². The van der Waals surface area contributed by atoms with E-state index >= 15 is 0 Å². The van der Waals surface area contributed by atoms with Gasteiger partial charge in [-0.1, -0.05) is 6.92 Å². The van der Waals surface area contributed by atoms with Gasteiger partial charge in [0.1, 0.15) is 0 Å². The normalized spacial score (nSPS) is 9.94. The molecule has 1 N–H and O–H groups in total. The number of halogens is 1. The number of amides is 1. The Bertz CT molecular complexity index is 415. The van der Waals surface area contributed by atoms with E-state index in [9.17, 15) is 9.59 Å². The van der Waals surface area contributed by atoms with Crippen LogP contribution >= 0.6 is 11.6 Å². The lowest BCUT2D eigenvalue weighted by molar-refractivity contribution is -0.115. The Kier molecular flexibility index (Phi) is 4.50. The first-order valence-corrected chi connectivity index (χ1v) is 5.61. The van der Waals surface area contributed by atoms with Gasteiger partial charge in [-0.25, -0.2) is 0 Å². The highest BCUT2D eigenvalue weighted by Crippen LogP contribution is 2.17. The predicted octanol–water partition coefficient (Wildman–Crippen LogP) is 2.77. The van der Waals surface area contributed by atoms with Crippen LogP contribution in [0, 0.1) is 6.92 Å². The van der Waals surface area contributed by atoms with Gasteiger partial charge in [-0.2, -0.15) is 0 Å². The maximum Gasteiger partial charge on any atom is 0.224 e. The first kappa shape index (κ1) is 12.7. The van der Waals surface area contributed by atoms with Crippen molar-refractivity contribution in [2.75, 3.05) is 11.2 Å². The second kappa shape index (κ2) is 5.66. The van der Waals surface area contributed by atoms with Crippen molar-refractivity contribution in [3.63, 3.8) is 0 Å². The summed E-state index contributed by atoms with van der Waals surface area (Å²) in [5, 5.41) is 2.76. The fourth-order valence-electron chi connectivity index (χ4n) is 1.29. The molecule has 0 heterocycles. The van der Waals surface area contributed by atoms with Crippen LogP contribution in [0.1, 0.15) is 29.3 Å². The number of benzene rings is 1. The summed E-state index contributed by atoms with van der Waals surface area (Å²) >= 11 is 5.47. The van der Waals surface area contributed by atoms with Gasteiger partial charge in [0.25, 0.3) is 0 Å². The van der Waals surface area contributed by atoms with Crippen molar-refractivity contribution in [3.8, 4) is 0 Å². The largest absolute Gasteiger partial charge is 0.326 e. The van der Waals surface area contributed by atoms with Crippen LogP contribution in [0.3, 0.4) is 0 Å². The minimum Gasteiger partial charge on any atom is -0.326 e. The molecule has 0 saturated heterocycles. The monoisotopic (exact) mass is 239 g/mol. The summed E-state index contributed by atoms with van der Waals surface area (Å²) in [6.45, 7) is 3.63. The van der Waals surface area contributed by atoms with Crippen LogP contribution in [-0.2, 0) is 4.79 Å². The topological polar surface area (TPSA) is 46.2 Å². The number of nitrogens with one attached hydrogen (secondary N) is 1. The molecule has 0 aromatic heterocycles. The van der Waals surface area contributed by atoms with Crippen molar-refractivity contribution >= 4 is 29.0 Å². The molecule has 0 fully saturated rings. The van der Waals surface area contributed by atoms with Gasteiger partial charge in [-0.3, -0.25) is 9.59 Å². The number of alkyl halides is 1. The Balaban J connectivity index is 2.91. The van der Waals surface area contributed by atoms with E-state index < -0.39 is 0 Å². The minimum atomic E-state index is -0.113. The highest BCUT2D eigenvalue weighted by molar-refractivity contribution is 6.30. The van der Waals surface area contributed by atoms with Crippen LogP contribution in [0.4, 0.5) is 5.69 Å². The Labute approximate surface area is 99.8 Å². The van der Waals surface area contributed by atoms with Crippen LogP contribution in [-0.4, -0.2) is 17.6 Å². The van der Waals surface area contributed by atoms with E-state index in [1.807, 2.05) is 6.92 Å². The Morgan fingerprint density at radius 2 is 2.06 bits per heavy atom. The zero-order valence-corrected chi connectivity index (χ0v) is 10.1. The number of hydrogen-bond acceptors (Lipinski definition) is 2. The summed E-state index contributed by atoms with van der Waals surface area (Å²) in [6, 6.07) is 5.13. The van der Waals surface area contributed by atoms with E-state index in [-0.39, 0.29) is 17.6 Å². The average Bonchev–Trinajstić information content (AvgIpc) is 2.30. The highest BCUT2D eigenvalue weighted by Gasteiger charge is 2.07. The molecule has 0 spiro atoms. The molecule has 0 saturated carbocycles. The fraction of sp³-hybridized carbons (Fsp3) is 0.333. The number of anilines is 1. The molecule has 1 amide bonds. The highest BCUT2D eigenvalue weighted by atomic mass is 35.5. The second-order valence-electron chi connectivity index (χ2n) is 3.49. The summed E-state index contributed by atoms with van der Waals surface area (Å²) < 4.78 is 0. The molecule has 1 aromatic rings. The fourth-order valence-corrected chi connectivity index (χ4v) is 1.45. The number of aryl methyl sites for hydroxylation is 1. The van der Waals surface area contributed by atoms with Crippen LogP contribution in [0.25, 0.3) is 0 Å². The van der Waals surface area contributed by atoms with E-state index in [1.165, 1.54) is 0 Å². The Morgan fingerprint density at radius 1 is 1.38 bits per heavy atom. The number of carbonyl (C=O) groups is 2. The van der Waals surface area contributed by atoms with Gasteiger partial charge >= 0.3 is 0 Å². The molecule has 3 nitrogen and oxygen atoms in total.